The number of H-pyrrole nitrogens is 1. The summed E-state index contributed by atoms with van der Waals surface area (Å²) in [5.74, 6) is -1.23. The summed E-state index contributed by atoms with van der Waals surface area (Å²) in [6, 6.07) is 6.01. The highest BCUT2D eigenvalue weighted by Crippen LogP contribution is 2.19. The molecule has 0 aliphatic heterocycles. The van der Waals surface area contributed by atoms with E-state index in [0.717, 1.165) is 16.5 Å². The van der Waals surface area contributed by atoms with E-state index in [1.807, 2.05) is 44.3 Å². The number of benzene rings is 1. The molecule has 0 amide bonds. The van der Waals surface area contributed by atoms with E-state index < -0.39 is 24.0 Å². The molecule has 0 bridgehead atoms. The van der Waals surface area contributed by atoms with Gasteiger partial charge in [0.1, 0.15) is 12.1 Å². The minimum Gasteiger partial charge on any atom is -0.391 e. The maximum atomic E-state index is 12.0. The summed E-state index contributed by atoms with van der Waals surface area (Å²) in [6.45, 7) is 3.88. The minimum atomic E-state index is -0.913. The van der Waals surface area contributed by atoms with E-state index in [4.69, 9.17) is 16.2 Å². The Balaban J connectivity index is 1.96. The summed E-state index contributed by atoms with van der Waals surface area (Å²) >= 11 is 0. The van der Waals surface area contributed by atoms with E-state index in [9.17, 15) is 9.59 Å². The van der Waals surface area contributed by atoms with Crippen LogP contribution in [0.15, 0.2) is 30.5 Å². The fourth-order valence-electron chi connectivity index (χ4n) is 2.48. The molecule has 23 heavy (non-hydrogen) atoms. The zero-order chi connectivity index (χ0) is 17.0. The third-order valence-corrected chi connectivity index (χ3v) is 3.65. The van der Waals surface area contributed by atoms with Crippen molar-refractivity contribution in [3.05, 3.63) is 36.0 Å². The van der Waals surface area contributed by atoms with Gasteiger partial charge < -0.3 is 21.2 Å². The van der Waals surface area contributed by atoms with Gasteiger partial charge in [0.2, 0.25) is 0 Å². The molecule has 2 rings (SSSR count). The van der Waals surface area contributed by atoms with Gasteiger partial charge in [-0.15, -0.1) is 0 Å². The van der Waals surface area contributed by atoms with Crippen molar-refractivity contribution in [1.29, 1.82) is 0 Å². The molecule has 6 nitrogen and oxygen atoms in total. The third kappa shape index (κ3) is 4.40. The molecule has 0 aliphatic carbocycles. The molecule has 0 fully saturated rings. The molecule has 6 heteroatoms. The number of aromatic amines is 1. The van der Waals surface area contributed by atoms with Gasteiger partial charge in [-0.25, -0.2) is 9.59 Å². The van der Waals surface area contributed by atoms with Gasteiger partial charge in [-0.1, -0.05) is 32.0 Å². The molecule has 0 aliphatic rings. The predicted octanol–water partition coefficient (Wildman–Crippen LogP) is 1.48. The largest absolute Gasteiger partial charge is 0.391 e. The highest BCUT2D eigenvalue weighted by Gasteiger charge is 2.24. The quantitative estimate of drug-likeness (QED) is 0.552. The molecule has 0 saturated heterocycles. The first-order valence-corrected chi connectivity index (χ1v) is 7.70. The van der Waals surface area contributed by atoms with E-state index in [1.165, 1.54) is 0 Å². The lowest BCUT2D eigenvalue weighted by Crippen LogP contribution is -2.41. The molecule has 2 atom stereocenters. The van der Waals surface area contributed by atoms with Crippen LogP contribution < -0.4 is 11.5 Å². The predicted molar refractivity (Wildman–Crippen MR) is 88.5 cm³/mol. The third-order valence-electron chi connectivity index (χ3n) is 3.65. The van der Waals surface area contributed by atoms with Crippen LogP contribution in [0.4, 0.5) is 0 Å². The Morgan fingerprint density at radius 1 is 1.13 bits per heavy atom. The van der Waals surface area contributed by atoms with Crippen molar-refractivity contribution in [1.82, 2.24) is 4.98 Å². The summed E-state index contributed by atoms with van der Waals surface area (Å²) in [6.07, 6.45) is 2.56. The molecular weight excluding hydrogens is 294 g/mol. The number of hydrogen-bond donors (Lipinski definition) is 3. The second-order valence-corrected chi connectivity index (χ2v) is 6.15. The summed E-state index contributed by atoms with van der Waals surface area (Å²) in [7, 11) is 0. The fourth-order valence-corrected chi connectivity index (χ4v) is 2.48. The molecule has 0 radical (unpaired) electrons. The summed E-state index contributed by atoms with van der Waals surface area (Å²) in [5.41, 5.74) is 13.4. The van der Waals surface area contributed by atoms with Crippen LogP contribution in [0, 0.1) is 5.92 Å². The second-order valence-electron chi connectivity index (χ2n) is 6.15. The van der Waals surface area contributed by atoms with Gasteiger partial charge >= 0.3 is 11.9 Å². The summed E-state index contributed by atoms with van der Waals surface area (Å²) < 4.78 is 4.80. The van der Waals surface area contributed by atoms with Gasteiger partial charge in [0.05, 0.1) is 0 Å². The molecule has 2 aromatic rings. The lowest BCUT2D eigenvalue weighted by Gasteiger charge is -2.14. The molecular formula is C17H23N3O3. The average Bonchev–Trinajstić information content (AvgIpc) is 2.89. The number of nitrogens with two attached hydrogens (primary N) is 2. The normalized spacial score (nSPS) is 14.0. The first kappa shape index (κ1) is 17.2. The number of nitrogens with one attached hydrogen (secondary N) is 1. The van der Waals surface area contributed by atoms with Crippen LogP contribution in [0.25, 0.3) is 10.9 Å². The summed E-state index contributed by atoms with van der Waals surface area (Å²) in [5, 5.41) is 0.999. The van der Waals surface area contributed by atoms with Crippen LogP contribution in [0.5, 0.6) is 0 Å². The minimum absolute atomic E-state index is 0.243. The van der Waals surface area contributed by atoms with Crippen molar-refractivity contribution in [2.45, 2.75) is 38.8 Å². The molecule has 5 N–H and O–H groups in total. The number of carbonyl (C=O) groups is 2. The SMILES string of the molecule is CC(C)C[C@H](N)C(=O)OC(=O)[C@@H](N)Cc1c[nH]c2ccccc12. The number of esters is 2. The van der Waals surface area contributed by atoms with Gasteiger partial charge in [-0.05, 0) is 24.0 Å². The van der Waals surface area contributed by atoms with Gasteiger partial charge in [-0.2, -0.15) is 0 Å². The van der Waals surface area contributed by atoms with E-state index in [0.29, 0.717) is 6.42 Å². The molecule has 1 aromatic heterocycles. The van der Waals surface area contributed by atoms with Crippen LogP contribution in [-0.2, 0) is 20.7 Å². The number of para-hydroxylation sites is 1. The van der Waals surface area contributed by atoms with E-state index in [1.54, 1.807) is 0 Å². The standard InChI is InChI=1S/C17H23N3O3/c1-10(2)7-13(18)16(21)23-17(22)14(19)8-11-9-20-15-6-4-3-5-12(11)15/h3-6,9-10,13-14,20H,7-8,18-19H2,1-2H3/t13-,14-/m0/s1. The Labute approximate surface area is 135 Å². The van der Waals surface area contributed by atoms with Crippen molar-refractivity contribution >= 4 is 22.8 Å². The highest BCUT2D eigenvalue weighted by atomic mass is 16.6. The van der Waals surface area contributed by atoms with Crippen molar-refractivity contribution < 1.29 is 14.3 Å². The molecule has 1 aromatic carbocycles. The zero-order valence-electron chi connectivity index (χ0n) is 13.4. The molecule has 1 heterocycles. The maximum absolute atomic E-state index is 12.0. The van der Waals surface area contributed by atoms with Crippen molar-refractivity contribution in [3.8, 4) is 0 Å². The maximum Gasteiger partial charge on any atom is 0.330 e. The van der Waals surface area contributed by atoms with Crippen molar-refractivity contribution in [2.75, 3.05) is 0 Å². The fraction of sp³-hybridized carbons (Fsp3) is 0.412. The van der Waals surface area contributed by atoms with Crippen LogP contribution in [0.3, 0.4) is 0 Å². The Bertz CT molecular complexity index is 693. The van der Waals surface area contributed by atoms with Crippen LogP contribution in [0.1, 0.15) is 25.8 Å². The van der Waals surface area contributed by atoms with Crippen LogP contribution >= 0.6 is 0 Å². The average molecular weight is 317 g/mol. The molecule has 0 spiro atoms. The Morgan fingerprint density at radius 3 is 2.48 bits per heavy atom. The van der Waals surface area contributed by atoms with Gasteiger partial charge in [-0.3, -0.25) is 0 Å². The van der Waals surface area contributed by atoms with Crippen LogP contribution in [-0.4, -0.2) is 29.0 Å². The molecule has 124 valence electrons. The number of aromatic nitrogens is 1. The highest BCUT2D eigenvalue weighted by molar-refractivity contribution is 5.91. The smallest absolute Gasteiger partial charge is 0.330 e. The second kappa shape index (κ2) is 7.39. The topological polar surface area (TPSA) is 111 Å². The number of hydrogen-bond acceptors (Lipinski definition) is 5. The van der Waals surface area contributed by atoms with Gasteiger partial charge in [0, 0.05) is 23.5 Å². The van der Waals surface area contributed by atoms with Crippen LogP contribution in [0.2, 0.25) is 0 Å². The number of fused-ring (bicyclic) bond motifs is 1. The molecule has 0 unspecified atom stereocenters. The number of rotatable bonds is 6. The first-order chi connectivity index (χ1) is 10.9. The molecule has 0 saturated carbocycles. The lowest BCUT2D eigenvalue weighted by molar-refractivity contribution is -0.161. The van der Waals surface area contributed by atoms with E-state index >= 15 is 0 Å². The van der Waals surface area contributed by atoms with Gasteiger partial charge in [0.15, 0.2) is 0 Å². The summed E-state index contributed by atoms with van der Waals surface area (Å²) in [4.78, 5) is 26.9. The Morgan fingerprint density at radius 2 is 1.78 bits per heavy atom. The van der Waals surface area contributed by atoms with E-state index in [-0.39, 0.29) is 12.3 Å². The Kier molecular flexibility index (Phi) is 5.52. The number of carbonyl (C=O) groups excluding carboxylic acids is 2. The first-order valence-electron chi connectivity index (χ1n) is 7.70. The Hall–Kier alpha value is -2.18. The monoisotopic (exact) mass is 317 g/mol. The van der Waals surface area contributed by atoms with Gasteiger partial charge in [0.25, 0.3) is 0 Å². The van der Waals surface area contributed by atoms with Crippen molar-refractivity contribution in [3.63, 3.8) is 0 Å². The van der Waals surface area contributed by atoms with Crippen molar-refractivity contribution in [2.24, 2.45) is 17.4 Å². The zero-order valence-corrected chi connectivity index (χ0v) is 13.4. The lowest BCUT2D eigenvalue weighted by atomic mass is 10.0. The van der Waals surface area contributed by atoms with E-state index in [2.05, 4.69) is 4.98 Å². The number of ether oxygens (including phenoxy) is 1.